The van der Waals surface area contributed by atoms with Crippen LogP contribution in [0.15, 0.2) is 42.5 Å². The number of hydrogen-bond acceptors (Lipinski definition) is 4. The summed E-state index contributed by atoms with van der Waals surface area (Å²) in [6.45, 7) is 5.06. The zero-order valence-electron chi connectivity index (χ0n) is 18.1. The third-order valence-electron chi connectivity index (χ3n) is 5.41. The van der Waals surface area contributed by atoms with Gasteiger partial charge < -0.3 is 20.3 Å². The number of ether oxygens (including phenoxy) is 1. The molecule has 3 rings (SSSR count). The molecule has 31 heavy (non-hydrogen) atoms. The largest absolute Gasteiger partial charge is 0.495 e. The summed E-state index contributed by atoms with van der Waals surface area (Å²) in [5.74, 6) is 0.813. The van der Waals surface area contributed by atoms with Crippen LogP contribution in [-0.4, -0.2) is 43.1 Å². The minimum Gasteiger partial charge on any atom is -0.495 e. The van der Waals surface area contributed by atoms with Crippen LogP contribution >= 0.6 is 0 Å². The highest BCUT2D eigenvalue weighted by Gasteiger charge is 2.25. The van der Waals surface area contributed by atoms with E-state index in [0.717, 1.165) is 12.8 Å². The van der Waals surface area contributed by atoms with Crippen LogP contribution in [0.4, 0.5) is 10.5 Å². The van der Waals surface area contributed by atoms with Crippen molar-refractivity contribution in [2.24, 2.45) is 0 Å². The summed E-state index contributed by atoms with van der Waals surface area (Å²) in [5, 5.41) is 14.5. The molecular formula is C24H28N4O3. The number of carbonyl (C=O) groups is 2. The Morgan fingerprint density at radius 1 is 1.13 bits per heavy atom. The number of nitrogens with one attached hydrogen (secondary N) is 2. The molecule has 0 spiro atoms. The molecule has 0 bridgehead atoms. The lowest BCUT2D eigenvalue weighted by molar-refractivity contribution is 0.0713. The van der Waals surface area contributed by atoms with Crippen molar-refractivity contribution in [3.63, 3.8) is 0 Å². The molecule has 0 radical (unpaired) electrons. The first-order chi connectivity index (χ1) is 14.9. The van der Waals surface area contributed by atoms with Crippen molar-refractivity contribution in [3.8, 4) is 11.8 Å². The minimum atomic E-state index is -0.346. The maximum Gasteiger partial charge on any atom is 0.319 e. The van der Waals surface area contributed by atoms with E-state index in [4.69, 9.17) is 10.00 Å². The van der Waals surface area contributed by atoms with Gasteiger partial charge in [-0.3, -0.25) is 4.79 Å². The number of nitrogens with zero attached hydrogens (tertiary/aromatic N) is 2. The smallest absolute Gasteiger partial charge is 0.319 e. The Labute approximate surface area is 183 Å². The Morgan fingerprint density at radius 2 is 1.81 bits per heavy atom. The second-order valence-electron chi connectivity index (χ2n) is 7.97. The number of likely N-dealkylation sites (tertiary alicyclic amines) is 1. The Balaban J connectivity index is 1.66. The summed E-state index contributed by atoms with van der Waals surface area (Å²) in [6.07, 6.45) is 1.74. The Bertz CT molecular complexity index is 971. The van der Waals surface area contributed by atoms with Crippen LogP contribution in [-0.2, 0) is 0 Å². The molecule has 2 aromatic rings. The van der Waals surface area contributed by atoms with E-state index in [9.17, 15) is 9.59 Å². The summed E-state index contributed by atoms with van der Waals surface area (Å²) in [7, 11) is 1.52. The lowest BCUT2D eigenvalue weighted by Gasteiger charge is -2.32. The molecule has 1 saturated heterocycles. The van der Waals surface area contributed by atoms with Gasteiger partial charge in [0.1, 0.15) is 5.75 Å². The van der Waals surface area contributed by atoms with Gasteiger partial charge in [-0.2, -0.15) is 5.26 Å². The first-order valence-electron chi connectivity index (χ1n) is 10.5. The molecule has 1 aliphatic rings. The van der Waals surface area contributed by atoms with Gasteiger partial charge in [-0.05, 0) is 68.5 Å². The highest BCUT2D eigenvalue weighted by molar-refractivity contribution is 5.98. The van der Waals surface area contributed by atoms with E-state index in [-0.39, 0.29) is 18.0 Å². The fourth-order valence-corrected chi connectivity index (χ4v) is 3.79. The van der Waals surface area contributed by atoms with Gasteiger partial charge in [0.15, 0.2) is 0 Å². The van der Waals surface area contributed by atoms with E-state index >= 15 is 0 Å². The van der Waals surface area contributed by atoms with Crippen LogP contribution in [0.5, 0.6) is 5.75 Å². The molecule has 7 nitrogen and oxygen atoms in total. The number of methoxy groups -OCH3 is 1. The lowest BCUT2D eigenvalue weighted by atomic mass is 9.89. The average molecular weight is 421 g/mol. The predicted octanol–water partition coefficient (Wildman–Crippen LogP) is 4.12. The number of rotatable bonds is 5. The molecule has 0 atom stereocenters. The third-order valence-corrected chi connectivity index (χ3v) is 5.41. The maximum absolute atomic E-state index is 13.1. The number of benzene rings is 2. The summed E-state index contributed by atoms with van der Waals surface area (Å²) in [4.78, 5) is 27.0. The third kappa shape index (κ3) is 5.54. The molecule has 0 aromatic heterocycles. The van der Waals surface area contributed by atoms with Gasteiger partial charge in [0, 0.05) is 24.7 Å². The zero-order valence-corrected chi connectivity index (χ0v) is 18.1. The molecule has 0 unspecified atom stereocenters. The molecular weight excluding hydrogens is 392 g/mol. The van der Waals surface area contributed by atoms with Crippen LogP contribution in [0.1, 0.15) is 54.1 Å². The monoisotopic (exact) mass is 420 g/mol. The van der Waals surface area contributed by atoms with E-state index in [0.29, 0.717) is 41.6 Å². The van der Waals surface area contributed by atoms with E-state index < -0.39 is 0 Å². The van der Waals surface area contributed by atoms with Crippen molar-refractivity contribution < 1.29 is 14.3 Å². The number of piperidine rings is 1. The molecule has 3 amide bonds. The second kappa shape index (κ2) is 9.98. The van der Waals surface area contributed by atoms with E-state index in [2.05, 4.69) is 16.7 Å². The van der Waals surface area contributed by atoms with Crippen molar-refractivity contribution in [3.05, 3.63) is 59.2 Å². The topological polar surface area (TPSA) is 94.5 Å². The predicted molar refractivity (Wildman–Crippen MR) is 119 cm³/mol. The SMILES string of the molecule is COc1ccc(C(=O)N2CCC(c3ccc(C#N)cc3)CC2)cc1NC(=O)NC(C)C. The Morgan fingerprint density at radius 3 is 2.39 bits per heavy atom. The quantitative estimate of drug-likeness (QED) is 0.761. The molecule has 0 aliphatic carbocycles. The van der Waals surface area contributed by atoms with Crippen LogP contribution in [0.2, 0.25) is 0 Å². The van der Waals surface area contributed by atoms with Gasteiger partial charge in [-0.1, -0.05) is 12.1 Å². The highest BCUT2D eigenvalue weighted by atomic mass is 16.5. The van der Waals surface area contributed by atoms with Crippen molar-refractivity contribution in [2.45, 2.75) is 38.6 Å². The highest BCUT2D eigenvalue weighted by Crippen LogP contribution is 2.30. The number of urea groups is 1. The van der Waals surface area contributed by atoms with E-state index in [1.807, 2.05) is 43.0 Å². The van der Waals surface area contributed by atoms with Gasteiger partial charge in [0.2, 0.25) is 0 Å². The van der Waals surface area contributed by atoms with Gasteiger partial charge in [0.25, 0.3) is 5.91 Å². The maximum atomic E-state index is 13.1. The van der Waals surface area contributed by atoms with Gasteiger partial charge in [-0.15, -0.1) is 0 Å². The fourth-order valence-electron chi connectivity index (χ4n) is 3.79. The zero-order chi connectivity index (χ0) is 22.4. The van der Waals surface area contributed by atoms with Crippen molar-refractivity contribution in [1.82, 2.24) is 10.2 Å². The van der Waals surface area contributed by atoms with Crippen molar-refractivity contribution in [2.75, 3.05) is 25.5 Å². The van der Waals surface area contributed by atoms with E-state index in [1.165, 1.54) is 12.7 Å². The molecule has 162 valence electrons. The van der Waals surface area contributed by atoms with Crippen molar-refractivity contribution >= 4 is 17.6 Å². The summed E-state index contributed by atoms with van der Waals surface area (Å²) in [5.41, 5.74) is 2.83. The molecule has 1 heterocycles. The molecule has 1 aliphatic heterocycles. The lowest BCUT2D eigenvalue weighted by Crippen LogP contribution is -2.38. The molecule has 2 aromatic carbocycles. The minimum absolute atomic E-state index is 0.00629. The standard InChI is InChI=1S/C24H28N4O3/c1-16(2)26-24(30)27-21-14-20(8-9-22(21)31-3)23(29)28-12-10-19(11-13-28)18-6-4-17(15-25)5-7-18/h4-9,14,16,19H,10-13H2,1-3H3,(H2,26,27,30). The van der Waals surface area contributed by atoms with Crippen LogP contribution in [0.3, 0.4) is 0 Å². The van der Waals surface area contributed by atoms with Crippen molar-refractivity contribution in [1.29, 1.82) is 5.26 Å². The van der Waals surface area contributed by atoms with Gasteiger partial charge in [0.05, 0.1) is 24.4 Å². The fraction of sp³-hybridized carbons (Fsp3) is 0.375. The number of anilines is 1. The first kappa shape index (κ1) is 22.2. The summed E-state index contributed by atoms with van der Waals surface area (Å²) < 4.78 is 5.32. The van der Waals surface area contributed by atoms with E-state index in [1.54, 1.807) is 18.2 Å². The normalized spacial score (nSPS) is 14.1. The Kier molecular flexibility index (Phi) is 7.14. The van der Waals surface area contributed by atoms with Gasteiger partial charge in [-0.25, -0.2) is 4.79 Å². The molecule has 1 fully saturated rings. The van der Waals surface area contributed by atoms with Crippen LogP contribution in [0, 0.1) is 11.3 Å². The Hall–Kier alpha value is -3.53. The number of carbonyl (C=O) groups excluding carboxylic acids is 2. The van der Waals surface area contributed by atoms with Gasteiger partial charge >= 0.3 is 6.03 Å². The van der Waals surface area contributed by atoms with Crippen LogP contribution in [0.25, 0.3) is 0 Å². The number of hydrogen-bond donors (Lipinski definition) is 2. The summed E-state index contributed by atoms with van der Waals surface area (Å²) in [6, 6.07) is 14.6. The number of nitriles is 1. The second-order valence-corrected chi connectivity index (χ2v) is 7.97. The first-order valence-corrected chi connectivity index (χ1v) is 10.5. The number of amides is 3. The molecule has 0 saturated carbocycles. The molecule has 2 N–H and O–H groups in total. The average Bonchev–Trinajstić information content (AvgIpc) is 2.78. The summed E-state index contributed by atoms with van der Waals surface area (Å²) >= 11 is 0. The molecule has 7 heteroatoms. The van der Waals surface area contributed by atoms with Crippen LogP contribution < -0.4 is 15.4 Å².